The van der Waals surface area contributed by atoms with E-state index in [1.165, 1.54) is 0 Å². The third-order valence-corrected chi connectivity index (χ3v) is 5.66. The number of hydrogen-bond donors (Lipinski definition) is 2. The van der Waals surface area contributed by atoms with E-state index in [1.807, 2.05) is 13.8 Å². The molecular weight excluding hydrogens is 264 g/mol. The second-order valence-corrected chi connectivity index (χ2v) is 6.79. The van der Waals surface area contributed by atoms with Crippen LogP contribution in [0.5, 0.6) is 0 Å². The van der Waals surface area contributed by atoms with Gasteiger partial charge >= 0.3 is 0 Å². The lowest BCUT2D eigenvalue weighted by atomic mass is 10.2. The lowest BCUT2D eigenvalue weighted by Gasteiger charge is -2.22. The van der Waals surface area contributed by atoms with Crippen molar-refractivity contribution >= 4 is 10.0 Å². The molecule has 1 unspecified atom stereocenters. The quantitative estimate of drug-likeness (QED) is 0.846. The topological polar surface area (TPSA) is 78.1 Å². The van der Waals surface area contributed by atoms with Crippen LogP contribution in [-0.2, 0) is 16.6 Å². The fraction of sp³-hybridized carbons (Fsp3) is 0.750. The van der Waals surface area contributed by atoms with Gasteiger partial charge in [-0.05, 0) is 33.2 Å². The van der Waals surface area contributed by atoms with Crippen LogP contribution in [0.15, 0.2) is 5.03 Å². The van der Waals surface area contributed by atoms with Crippen LogP contribution in [0.1, 0.15) is 37.4 Å². The lowest BCUT2D eigenvalue weighted by molar-refractivity contribution is 0.377. The molecule has 0 radical (unpaired) electrons. The van der Waals surface area contributed by atoms with Gasteiger partial charge < -0.3 is 5.32 Å². The van der Waals surface area contributed by atoms with Gasteiger partial charge in [0.2, 0.25) is 0 Å². The minimum Gasteiger partial charge on any atom is -0.316 e. The summed E-state index contributed by atoms with van der Waals surface area (Å²) in [5, 5.41) is 9.99. The van der Waals surface area contributed by atoms with Crippen molar-refractivity contribution in [2.45, 2.75) is 50.7 Å². The summed E-state index contributed by atoms with van der Waals surface area (Å²) in [5.41, 5.74) is 1.55. The Hall–Kier alpha value is -0.920. The van der Waals surface area contributed by atoms with Crippen LogP contribution in [0.3, 0.4) is 0 Å². The van der Waals surface area contributed by atoms with Crippen molar-refractivity contribution in [3.63, 3.8) is 0 Å². The minimum atomic E-state index is -3.48. The second kappa shape index (κ2) is 5.60. The van der Waals surface area contributed by atoms with Crippen molar-refractivity contribution in [3.8, 4) is 0 Å². The van der Waals surface area contributed by atoms with Gasteiger partial charge in [-0.3, -0.25) is 5.10 Å². The Morgan fingerprint density at radius 1 is 1.53 bits per heavy atom. The molecule has 0 bridgehead atoms. The van der Waals surface area contributed by atoms with Gasteiger partial charge in [-0.2, -0.15) is 9.40 Å². The summed E-state index contributed by atoms with van der Waals surface area (Å²) in [6.45, 7) is 4.98. The van der Waals surface area contributed by atoms with E-state index >= 15 is 0 Å². The van der Waals surface area contributed by atoms with Gasteiger partial charge in [0.05, 0.1) is 0 Å². The van der Waals surface area contributed by atoms with Gasteiger partial charge in [0.15, 0.2) is 5.03 Å². The highest BCUT2D eigenvalue weighted by atomic mass is 32.2. The number of aromatic amines is 1. The molecule has 2 heterocycles. The van der Waals surface area contributed by atoms with E-state index in [-0.39, 0.29) is 11.1 Å². The lowest BCUT2D eigenvalue weighted by Crippen LogP contribution is -2.36. The summed E-state index contributed by atoms with van der Waals surface area (Å²) in [6.07, 6.45) is 2.73. The Morgan fingerprint density at radius 2 is 2.26 bits per heavy atom. The molecule has 1 aliphatic rings. The number of aromatic nitrogens is 2. The number of nitrogens with zero attached hydrogens (tertiary/aromatic N) is 2. The van der Waals surface area contributed by atoms with Gasteiger partial charge in [0, 0.05) is 30.4 Å². The average molecular weight is 286 g/mol. The molecule has 1 fully saturated rings. The molecule has 2 rings (SSSR count). The van der Waals surface area contributed by atoms with Crippen LogP contribution in [0.2, 0.25) is 0 Å². The summed E-state index contributed by atoms with van der Waals surface area (Å²) in [6, 6.07) is 0.115. The van der Waals surface area contributed by atoms with Gasteiger partial charge in [0.1, 0.15) is 0 Å². The van der Waals surface area contributed by atoms with E-state index < -0.39 is 10.0 Å². The number of H-pyrrole nitrogens is 1. The number of aryl methyl sites for hydroxylation is 1. The molecule has 0 aromatic carbocycles. The van der Waals surface area contributed by atoms with Crippen LogP contribution < -0.4 is 5.32 Å². The van der Waals surface area contributed by atoms with E-state index in [4.69, 9.17) is 0 Å². The first kappa shape index (κ1) is 14.5. The van der Waals surface area contributed by atoms with Crippen LogP contribution in [0.4, 0.5) is 0 Å². The predicted molar refractivity (Wildman–Crippen MR) is 73.3 cm³/mol. The molecule has 1 aromatic rings. The molecule has 0 amide bonds. The predicted octanol–water partition coefficient (Wildman–Crippen LogP) is 1.00. The molecule has 1 aromatic heterocycles. The number of nitrogens with one attached hydrogen (secondary N) is 2. The van der Waals surface area contributed by atoms with Gasteiger partial charge in [-0.15, -0.1) is 0 Å². The largest absolute Gasteiger partial charge is 0.316 e. The van der Waals surface area contributed by atoms with Crippen molar-refractivity contribution in [1.82, 2.24) is 19.8 Å². The Morgan fingerprint density at radius 3 is 2.89 bits per heavy atom. The maximum Gasteiger partial charge on any atom is 0.262 e. The molecule has 0 spiro atoms. The van der Waals surface area contributed by atoms with Crippen molar-refractivity contribution in [1.29, 1.82) is 0 Å². The van der Waals surface area contributed by atoms with Crippen LogP contribution in [0.25, 0.3) is 0 Å². The molecule has 1 saturated heterocycles. The highest BCUT2D eigenvalue weighted by molar-refractivity contribution is 7.89. The van der Waals surface area contributed by atoms with E-state index in [9.17, 15) is 8.42 Å². The first-order valence-electron chi connectivity index (χ1n) is 6.72. The Bertz CT molecular complexity index is 538. The maximum absolute atomic E-state index is 12.7. The zero-order chi connectivity index (χ0) is 14.0. The number of hydrogen-bond acceptors (Lipinski definition) is 4. The van der Waals surface area contributed by atoms with E-state index in [0.717, 1.165) is 30.5 Å². The normalized spacial score (nSPS) is 21.1. The molecule has 6 nitrogen and oxygen atoms in total. The molecule has 108 valence electrons. The highest BCUT2D eigenvalue weighted by Gasteiger charge is 2.37. The molecule has 7 heteroatoms. The van der Waals surface area contributed by atoms with Crippen molar-refractivity contribution in [3.05, 3.63) is 11.3 Å². The molecule has 1 atom stereocenters. The smallest absolute Gasteiger partial charge is 0.262 e. The standard InChI is InChI=1S/C12H22N4O2S/c1-4-10-6-5-7-16(10)19(17,18)12-11(8-13-3)9(2)14-15-12/h10,13H,4-8H2,1-3H3,(H,14,15). The SMILES string of the molecule is CCC1CCCN1S(=O)(=O)c1n[nH]c(C)c1CNC. The summed E-state index contributed by atoms with van der Waals surface area (Å²) in [4.78, 5) is 0. The fourth-order valence-corrected chi connectivity index (χ4v) is 4.61. The minimum absolute atomic E-state index is 0.115. The highest BCUT2D eigenvalue weighted by Crippen LogP contribution is 2.29. The van der Waals surface area contributed by atoms with Gasteiger partial charge in [-0.25, -0.2) is 8.42 Å². The summed E-state index contributed by atoms with van der Waals surface area (Å²) < 4.78 is 27.1. The van der Waals surface area contributed by atoms with Crippen molar-refractivity contribution in [2.24, 2.45) is 0 Å². The second-order valence-electron chi connectivity index (χ2n) is 4.98. The summed E-state index contributed by atoms with van der Waals surface area (Å²) in [7, 11) is -1.68. The van der Waals surface area contributed by atoms with E-state index in [2.05, 4.69) is 15.5 Å². The van der Waals surface area contributed by atoms with Crippen LogP contribution in [0, 0.1) is 6.92 Å². The van der Waals surface area contributed by atoms with Crippen LogP contribution >= 0.6 is 0 Å². The zero-order valence-electron chi connectivity index (χ0n) is 11.7. The molecular formula is C12H22N4O2S. The Balaban J connectivity index is 2.39. The first-order chi connectivity index (χ1) is 9.02. The molecule has 0 aliphatic carbocycles. The third kappa shape index (κ3) is 2.54. The Kier molecular flexibility index (Phi) is 4.27. The van der Waals surface area contributed by atoms with Crippen molar-refractivity contribution < 1.29 is 8.42 Å². The molecule has 2 N–H and O–H groups in total. The molecule has 19 heavy (non-hydrogen) atoms. The average Bonchev–Trinajstić information content (AvgIpc) is 2.98. The summed E-state index contributed by atoms with van der Waals surface area (Å²) in [5.74, 6) is 0. The first-order valence-corrected chi connectivity index (χ1v) is 8.16. The van der Waals surface area contributed by atoms with E-state index in [1.54, 1.807) is 11.4 Å². The zero-order valence-corrected chi connectivity index (χ0v) is 12.5. The van der Waals surface area contributed by atoms with E-state index in [0.29, 0.717) is 13.1 Å². The number of sulfonamides is 1. The molecule has 1 aliphatic heterocycles. The third-order valence-electron chi connectivity index (χ3n) is 3.74. The van der Waals surface area contributed by atoms with Crippen molar-refractivity contribution in [2.75, 3.05) is 13.6 Å². The Labute approximate surface area is 114 Å². The maximum atomic E-state index is 12.7. The molecule has 0 saturated carbocycles. The van der Waals surface area contributed by atoms with Gasteiger partial charge in [-0.1, -0.05) is 6.92 Å². The number of rotatable bonds is 5. The monoisotopic (exact) mass is 286 g/mol. The van der Waals surface area contributed by atoms with Gasteiger partial charge in [0.25, 0.3) is 10.0 Å². The van der Waals surface area contributed by atoms with Crippen LogP contribution in [-0.4, -0.2) is 42.6 Å². The summed E-state index contributed by atoms with van der Waals surface area (Å²) >= 11 is 0. The fourth-order valence-electron chi connectivity index (χ4n) is 2.67.